The van der Waals surface area contributed by atoms with Gasteiger partial charge >= 0.3 is 5.97 Å². The Bertz CT molecular complexity index is 560. The van der Waals surface area contributed by atoms with Crippen LogP contribution < -0.4 is 10.2 Å². The van der Waals surface area contributed by atoms with Crippen molar-refractivity contribution in [3.8, 4) is 0 Å². The van der Waals surface area contributed by atoms with E-state index in [0.29, 0.717) is 6.54 Å². The number of rotatable bonds is 5. The summed E-state index contributed by atoms with van der Waals surface area (Å²) in [5.74, 6) is 0.348. The van der Waals surface area contributed by atoms with Crippen LogP contribution in [0.5, 0.6) is 0 Å². The van der Waals surface area contributed by atoms with Crippen molar-refractivity contribution < 1.29 is 13.9 Å². The minimum Gasteiger partial charge on any atom is -0.469 e. The van der Waals surface area contributed by atoms with E-state index >= 15 is 0 Å². The molecule has 1 aliphatic rings. The smallest absolute Gasteiger partial charge is 0.307 e. The minimum atomic E-state index is -0.254. The van der Waals surface area contributed by atoms with Crippen LogP contribution in [-0.4, -0.2) is 63.2 Å². The van der Waals surface area contributed by atoms with Gasteiger partial charge in [-0.05, 0) is 31.2 Å². The van der Waals surface area contributed by atoms with Gasteiger partial charge in [-0.15, -0.1) is 24.0 Å². The van der Waals surface area contributed by atoms with E-state index in [1.807, 2.05) is 6.92 Å². The van der Waals surface area contributed by atoms with Crippen LogP contribution in [0.1, 0.15) is 13.3 Å². The number of hydrogen-bond acceptors (Lipinski definition) is 4. The molecular weight excluding hydrogens is 438 g/mol. The number of nitrogens with one attached hydrogen (secondary N) is 1. The first kappa shape index (κ1) is 21.5. The molecule has 1 aromatic carbocycles. The summed E-state index contributed by atoms with van der Waals surface area (Å²) in [4.78, 5) is 20.1. The number of ether oxygens (including phenoxy) is 1. The molecule has 0 aromatic heterocycles. The van der Waals surface area contributed by atoms with E-state index in [-0.39, 0.29) is 42.2 Å². The molecule has 0 atom stereocenters. The Morgan fingerprint density at radius 3 is 2.44 bits per heavy atom. The predicted molar refractivity (Wildman–Crippen MR) is 108 cm³/mol. The first-order valence-electron chi connectivity index (χ1n) is 8.24. The zero-order valence-corrected chi connectivity index (χ0v) is 17.0. The summed E-state index contributed by atoms with van der Waals surface area (Å²) in [6.07, 6.45) is 0.279. The zero-order chi connectivity index (χ0) is 17.4. The largest absolute Gasteiger partial charge is 0.469 e. The molecule has 1 aromatic rings. The molecule has 0 spiro atoms. The molecule has 0 unspecified atom stereocenters. The van der Waals surface area contributed by atoms with Crippen molar-refractivity contribution in [3.05, 3.63) is 30.1 Å². The van der Waals surface area contributed by atoms with Crippen LogP contribution in [0, 0.1) is 5.82 Å². The summed E-state index contributed by atoms with van der Waals surface area (Å²) in [7, 11) is 1.38. The molecule has 1 aliphatic heterocycles. The summed E-state index contributed by atoms with van der Waals surface area (Å²) in [6, 6.07) is 6.58. The third-order valence-electron chi connectivity index (χ3n) is 3.91. The molecule has 2 rings (SSSR count). The average Bonchev–Trinajstić information content (AvgIpc) is 2.61. The fraction of sp³-hybridized carbons (Fsp3) is 0.529. The van der Waals surface area contributed by atoms with Gasteiger partial charge in [0.15, 0.2) is 5.96 Å². The summed E-state index contributed by atoms with van der Waals surface area (Å²) < 4.78 is 17.7. The number of halogens is 2. The van der Waals surface area contributed by atoms with Gasteiger partial charge < -0.3 is 19.9 Å². The lowest BCUT2D eigenvalue weighted by atomic mass is 10.2. The molecule has 0 aliphatic carbocycles. The third kappa shape index (κ3) is 6.68. The zero-order valence-electron chi connectivity index (χ0n) is 14.7. The van der Waals surface area contributed by atoms with Gasteiger partial charge in [-0.25, -0.2) is 4.39 Å². The number of carbonyl (C=O) groups is 1. The van der Waals surface area contributed by atoms with Crippen LogP contribution in [0.15, 0.2) is 29.3 Å². The molecule has 1 heterocycles. The summed E-state index contributed by atoms with van der Waals surface area (Å²) in [5.41, 5.74) is 1.03. The number of methoxy groups -OCH3 is 1. The van der Waals surface area contributed by atoms with E-state index < -0.39 is 0 Å². The molecule has 1 fully saturated rings. The first-order valence-corrected chi connectivity index (χ1v) is 8.24. The molecule has 8 heteroatoms. The lowest BCUT2D eigenvalue weighted by Gasteiger charge is -2.37. The Hall–Kier alpha value is -1.58. The highest BCUT2D eigenvalue weighted by atomic mass is 127. The molecule has 0 radical (unpaired) electrons. The van der Waals surface area contributed by atoms with Crippen LogP contribution in [0.2, 0.25) is 0 Å². The molecule has 0 saturated carbocycles. The maximum Gasteiger partial charge on any atom is 0.307 e. The Morgan fingerprint density at radius 2 is 1.88 bits per heavy atom. The van der Waals surface area contributed by atoms with Gasteiger partial charge in [0.1, 0.15) is 5.82 Å². The number of nitrogens with zero attached hydrogens (tertiary/aromatic N) is 3. The summed E-state index contributed by atoms with van der Waals surface area (Å²) >= 11 is 0. The second-order valence-corrected chi connectivity index (χ2v) is 5.51. The quantitative estimate of drug-likeness (QED) is 0.313. The highest BCUT2D eigenvalue weighted by Gasteiger charge is 2.19. The summed E-state index contributed by atoms with van der Waals surface area (Å²) in [6.45, 7) is 6.52. The average molecular weight is 464 g/mol. The number of piperazine rings is 1. The molecule has 25 heavy (non-hydrogen) atoms. The predicted octanol–water partition coefficient (Wildman–Crippen LogP) is 2.09. The van der Waals surface area contributed by atoms with E-state index in [0.717, 1.165) is 44.4 Å². The van der Waals surface area contributed by atoms with Crippen LogP contribution >= 0.6 is 24.0 Å². The van der Waals surface area contributed by atoms with Crippen molar-refractivity contribution in [1.29, 1.82) is 0 Å². The normalized spacial score (nSPS) is 14.8. The van der Waals surface area contributed by atoms with E-state index in [9.17, 15) is 9.18 Å². The molecule has 0 amide bonds. The molecule has 1 N–H and O–H groups in total. The Morgan fingerprint density at radius 1 is 1.24 bits per heavy atom. The van der Waals surface area contributed by atoms with Gasteiger partial charge in [0, 0.05) is 38.4 Å². The Balaban J connectivity index is 0.00000312. The van der Waals surface area contributed by atoms with Gasteiger partial charge in [0.05, 0.1) is 20.1 Å². The Kier molecular flexibility index (Phi) is 9.54. The maximum atomic E-state index is 13.0. The molecule has 1 saturated heterocycles. The maximum absolute atomic E-state index is 13.0. The third-order valence-corrected chi connectivity index (χ3v) is 3.91. The first-order chi connectivity index (χ1) is 11.6. The van der Waals surface area contributed by atoms with E-state index in [1.165, 1.54) is 19.2 Å². The van der Waals surface area contributed by atoms with Crippen LogP contribution in [0.3, 0.4) is 0 Å². The molecule has 6 nitrogen and oxygen atoms in total. The lowest BCUT2D eigenvalue weighted by Crippen LogP contribution is -2.52. The number of anilines is 1. The van der Waals surface area contributed by atoms with Crippen molar-refractivity contribution in [2.75, 3.05) is 51.3 Å². The van der Waals surface area contributed by atoms with Gasteiger partial charge in [0.25, 0.3) is 0 Å². The van der Waals surface area contributed by atoms with Gasteiger partial charge in [-0.1, -0.05) is 0 Å². The number of aliphatic imine (C=N–C) groups is 1. The highest BCUT2D eigenvalue weighted by Crippen LogP contribution is 2.16. The summed E-state index contributed by atoms with van der Waals surface area (Å²) in [5, 5.41) is 3.26. The molecular formula is C17H26FIN4O2. The van der Waals surface area contributed by atoms with Gasteiger partial charge in [-0.3, -0.25) is 9.79 Å². The monoisotopic (exact) mass is 464 g/mol. The Labute approximate surface area is 165 Å². The number of hydrogen-bond donors (Lipinski definition) is 1. The second kappa shape index (κ2) is 11.1. The molecule has 0 bridgehead atoms. The van der Waals surface area contributed by atoms with Crippen molar-refractivity contribution in [3.63, 3.8) is 0 Å². The SMILES string of the molecule is CCNC(=NCCC(=O)OC)N1CCN(c2ccc(F)cc2)CC1.I. The number of carbonyl (C=O) groups excluding carboxylic acids is 1. The number of esters is 1. The topological polar surface area (TPSA) is 57.2 Å². The number of benzene rings is 1. The highest BCUT2D eigenvalue weighted by molar-refractivity contribution is 14.0. The number of guanidine groups is 1. The van der Waals surface area contributed by atoms with Crippen LogP contribution in [0.25, 0.3) is 0 Å². The minimum absolute atomic E-state index is 0. The van der Waals surface area contributed by atoms with Crippen molar-refractivity contribution >= 4 is 41.6 Å². The van der Waals surface area contributed by atoms with Crippen molar-refractivity contribution in [2.45, 2.75) is 13.3 Å². The van der Waals surface area contributed by atoms with Crippen LogP contribution in [-0.2, 0) is 9.53 Å². The van der Waals surface area contributed by atoms with Gasteiger partial charge in [0.2, 0.25) is 0 Å². The standard InChI is InChI=1S/C17H25FN4O2.HI/c1-3-19-17(20-9-8-16(23)24-2)22-12-10-21(11-13-22)15-6-4-14(18)5-7-15;/h4-7H,3,8-13H2,1-2H3,(H,19,20);1H. The van der Waals surface area contributed by atoms with E-state index in [2.05, 4.69) is 24.8 Å². The molecule has 140 valence electrons. The van der Waals surface area contributed by atoms with Crippen molar-refractivity contribution in [1.82, 2.24) is 10.2 Å². The van der Waals surface area contributed by atoms with E-state index in [1.54, 1.807) is 12.1 Å². The van der Waals surface area contributed by atoms with Gasteiger partial charge in [-0.2, -0.15) is 0 Å². The second-order valence-electron chi connectivity index (χ2n) is 5.51. The van der Waals surface area contributed by atoms with Crippen LogP contribution in [0.4, 0.5) is 10.1 Å². The fourth-order valence-corrected chi connectivity index (χ4v) is 2.61. The fourth-order valence-electron chi connectivity index (χ4n) is 2.61. The lowest BCUT2D eigenvalue weighted by molar-refractivity contribution is -0.140. The van der Waals surface area contributed by atoms with E-state index in [4.69, 9.17) is 0 Å². The van der Waals surface area contributed by atoms with Crippen molar-refractivity contribution in [2.24, 2.45) is 4.99 Å².